The Morgan fingerprint density at radius 1 is 1.11 bits per heavy atom. The summed E-state index contributed by atoms with van der Waals surface area (Å²) in [6.45, 7) is 2.44. The summed E-state index contributed by atoms with van der Waals surface area (Å²) in [6, 6.07) is 14.1. The molecule has 0 aliphatic rings. The summed E-state index contributed by atoms with van der Waals surface area (Å²) in [5, 5.41) is 6.90. The van der Waals surface area contributed by atoms with Gasteiger partial charge in [0.15, 0.2) is 0 Å². The van der Waals surface area contributed by atoms with Crippen molar-refractivity contribution >= 4 is 45.0 Å². The number of ether oxygens (including phenoxy) is 1. The Morgan fingerprint density at radius 2 is 1.82 bits per heavy atom. The third kappa shape index (κ3) is 5.02. The molecule has 144 valence electrons. The van der Waals surface area contributed by atoms with Gasteiger partial charge in [0, 0.05) is 15.7 Å². The first kappa shape index (κ1) is 20.2. The quantitative estimate of drug-likeness (QED) is 0.388. The summed E-state index contributed by atoms with van der Waals surface area (Å²) in [7, 11) is 0. The molecular weight excluding hydrogens is 442 g/mol. The van der Waals surface area contributed by atoms with Crippen LogP contribution in [0.25, 0.3) is 11.3 Å². The van der Waals surface area contributed by atoms with Crippen molar-refractivity contribution in [3.8, 4) is 11.3 Å². The van der Waals surface area contributed by atoms with Crippen LogP contribution in [0.1, 0.15) is 39.8 Å². The van der Waals surface area contributed by atoms with E-state index in [1.165, 1.54) is 0 Å². The van der Waals surface area contributed by atoms with E-state index in [9.17, 15) is 9.59 Å². The van der Waals surface area contributed by atoms with Crippen LogP contribution < -0.4 is 5.32 Å². The van der Waals surface area contributed by atoms with E-state index < -0.39 is 0 Å². The van der Waals surface area contributed by atoms with Gasteiger partial charge >= 0.3 is 5.97 Å². The third-order valence-electron chi connectivity index (χ3n) is 3.92. The second-order valence-electron chi connectivity index (χ2n) is 5.98. The summed E-state index contributed by atoms with van der Waals surface area (Å²) in [6.07, 6.45) is 1.80. The minimum Gasteiger partial charge on any atom is -0.462 e. The molecule has 28 heavy (non-hydrogen) atoms. The molecule has 6 nitrogen and oxygen atoms in total. The van der Waals surface area contributed by atoms with E-state index in [2.05, 4.69) is 30.8 Å². The molecule has 0 bridgehead atoms. The Labute approximate surface area is 175 Å². The zero-order valence-electron chi connectivity index (χ0n) is 15.1. The number of hydrogen-bond acceptors (Lipinski definition) is 6. The Morgan fingerprint density at radius 3 is 2.50 bits per heavy atom. The Hall–Kier alpha value is -2.58. The number of nitrogens with zero attached hydrogens (tertiary/aromatic N) is 2. The Bertz CT molecular complexity index is 956. The van der Waals surface area contributed by atoms with E-state index in [1.807, 2.05) is 31.2 Å². The molecule has 2 aromatic carbocycles. The number of carbonyl (C=O) groups excluding carboxylic acids is 2. The number of esters is 1. The van der Waals surface area contributed by atoms with E-state index >= 15 is 0 Å². The Kier molecular flexibility index (Phi) is 6.89. The van der Waals surface area contributed by atoms with Crippen molar-refractivity contribution in [3.63, 3.8) is 0 Å². The van der Waals surface area contributed by atoms with Gasteiger partial charge in [-0.2, -0.15) is 0 Å². The normalized spacial score (nSPS) is 10.5. The van der Waals surface area contributed by atoms with Crippen molar-refractivity contribution in [3.05, 3.63) is 63.4 Å². The number of aromatic nitrogens is 2. The van der Waals surface area contributed by atoms with Crippen molar-refractivity contribution in [1.29, 1.82) is 0 Å². The SMILES string of the molecule is CCCCOC(=O)c1ccc(NC(=O)c2snnc2-c2ccc(Br)cc2)cc1. The summed E-state index contributed by atoms with van der Waals surface area (Å²) in [5.74, 6) is -0.665. The van der Waals surface area contributed by atoms with E-state index in [1.54, 1.807) is 24.3 Å². The van der Waals surface area contributed by atoms with Gasteiger partial charge in [0.05, 0.1) is 12.2 Å². The molecule has 1 amide bonds. The number of hydrogen-bond donors (Lipinski definition) is 1. The molecule has 3 aromatic rings. The minimum absolute atomic E-state index is 0.300. The smallest absolute Gasteiger partial charge is 0.338 e. The average Bonchev–Trinajstić information content (AvgIpc) is 3.19. The monoisotopic (exact) mass is 459 g/mol. The lowest BCUT2D eigenvalue weighted by Gasteiger charge is -2.07. The van der Waals surface area contributed by atoms with E-state index in [0.29, 0.717) is 28.4 Å². The number of halogens is 1. The molecule has 1 aromatic heterocycles. The van der Waals surface area contributed by atoms with Crippen LogP contribution in [-0.4, -0.2) is 28.1 Å². The molecule has 0 aliphatic carbocycles. The van der Waals surface area contributed by atoms with Crippen LogP contribution in [0.3, 0.4) is 0 Å². The van der Waals surface area contributed by atoms with Gasteiger partial charge < -0.3 is 10.1 Å². The second-order valence-corrected chi connectivity index (χ2v) is 7.65. The van der Waals surface area contributed by atoms with Gasteiger partial charge in [0.1, 0.15) is 10.6 Å². The van der Waals surface area contributed by atoms with E-state index in [4.69, 9.17) is 4.74 Å². The van der Waals surface area contributed by atoms with Crippen LogP contribution in [-0.2, 0) is 4.74 Å². The Balaban J connectivity index is 1.68. The highest BCUT2D eigenvalue weighted by molar-refractivity contribution is 9.10. The highest BCUT2D eigenvalue weighted by Gasteiger charge is 2.18. The third-order valence-corrected chi connectivity index (χ3v) is 5.17. The molecule has 0 spiro atoms. The second kappa shape index (κ2) is 9.57. The number of unbranched alkanes of at least 4 members (excludes halogenated alkanes) is 1. The van der Waals surface area contributed by atoms with Crippen molar-refractivity contribution in [2.75, 3.05) is 11.9 Å². The predicted molar refractivity (Wildman–Crippen MR) is 113 cm³/mol. The fourth-order valence-corrected chi connectivity index (χ4v) is 3.25. The highest BCUT2D eigenvalue weighted by Crippen LogP contribution is 2.26. The van der Waals surface area contributed by atoms with E-state index in [-0.39, 0.29) is 11.9 Å². The summed E-state index contributed by atoms with van der Waals surface area (Å²) < 4.78 is 10.0. The predicted octanol–water partition coefficient (Wildman–Crippen LogP) is 5.18. The lowest BCUT2D eigenvalue weighted by molar-refractivity contribution is 0.0499. The van der Waals surface area contributed by atoms with Crippen LogP contribution in [0, 0.1) is 0 Å². The standard InChI is InChI=1S/C20H18BrN3O3S/c1-2-3-12-27-20(26)14-6-10-16(11-7-14)22-19(25)18-17(23-24-28-18)13-4-8-15(21)9-5-13/h4-11H,2-3,12H2,1H3,(H,22,25). The van der Waals surface area contributed by atoms with Gasteiger partial charge in [-0.1, -0.05) is 45.9 Å². The van der Waals surface area contributed by atoms with E-state index in [0.717, 1.165) is 34.4 Å². The first-order valence-electron chi connectivity index (χ1n) is 8.75. The van der Waals surface area contributed by atoms with Crippen LogP contribution in [0.2, 0.25) is 0 Å². The van der Waals surface area contributed by atoms with Crippen molar-refractivity contribution in [2.24, 2.45) is 0 Å². The number of carbonyl (C=O) groups is 2. The largest absolute Gasteiger partial charge is 0.462 e. The zero-order valence-corrected chi connectivity index (χ0v) is 17.5. The lowest BCUT2D eigenvalue weighted by atomic mass is 10.1. The topological polar surface area (TPSA) is 81.2 Å². The van der Waals surface area contributed by atoms with Gasteiger partial charge in [-0.25, -0.2) is 4.79 Å². The molecule has 0 saturated heterocycles. The first-order valence-corrected chi connectivity index (χ1v) is 10.3. The van der Waals surface area contributed by atoms with Gasteiger partial charge in [-0.3, -0.25) is 4.79 Å². The molecule has 3 rings (SSSR count). The lowest BCUT2D eigenvalue weighted by Crippen LogP contribution is -2.12. The van der Waals surface area contributed by atoms with Gasteiger partial charge in [0.2, 0.25) is 0 Å². The van der Waals surface area contributed by atoms with Crippen LogP contribution in [0.15, 0.2) is 53.0 Å². The van der Waals surface area contributed by atoms with Crippen LogP contribution in [0.5, 0.6) is 0 Å². The number of nitrogens with one attached hydrogen (secondary N) is 1. The minimum atomic E-state index is -0.365. The maximum atomic E-state index is 12.6. The number of rotatable bonds is 7. The maximum Gasteiger partial charge on any atom is 0.338 e. The van der Waals surface area contributed by atoms with Gasteiger partial charge in [0.25, 0.3) is 5.91 Å². The van der Waals surface area contributed by atoms with Crippen molar-refractivity contribution in [2.45, 2.75) is 19.8 Å². The molecule has 0 radical (unpaired) electrons. The highest BCUT2D eigenvalue weighted by atomic mass is 79.9. The van der Waals surface area contributed by atoms with Crippen molar-refractivity contribution < 1.29 is 14.3 Å². The fourth-order valence-electron chi connectivity index (χ4n) is 2.41. The van der Waals surface area contributed by atoms with Crippen molar-refractivity contribution in [1.82, 2.24) is 9.59 Å². The first-order chi connectivity index (χ1) is 13.6. The molecule has 0 saturated carbocycles. The number of benzene rings is 2. The molecule has 0 unspecified atom stereocenters. The molecule has 1 N–H and O–H groups in total. The molecular formula is C20H18BrN3O3S. The summed E-state index contributed by atoms with van der Waals surface area (Å²) in [5.41, 5.74) is 2.37. The van der Waals surface area contributed by atoms with Crippen LogP contribution in [0.4, 0.5) is 5.69 Å². The van der Waals surface area contributed by atoms with Crippen LogP contribution >= 0.6 is 27.5 Å². The summed E-state index contributed by atoms with van der Waals surface area (Å²) >= 11 is 4.42. The van der Waals surface area contributed by atoms with Gasteiger partial charge in [-0.15, -0.1) is 5.10 Å². The van der Waals surface area contributed by atoms with Gasteiger partial charge in [-0.05, 0) is 54.4 Å². The maximum absolute atomic E-state index is 12.6. The molecule has 8 heteroatoms. The molecule has 0 aliphatic heterocycles. The zero-order chi connectivity index (χ0) is 19.9. The molecule has 0 atom stereocenters. The number of amides is 1. The fraction of sp³-hybridized carbons (Fsp3) is 0.200. The summed E-state index contributed by atoms with van der Waals surface area (Å²) in [4.78, 5) is 25.0. The molecule has 0 fully saturated rings. The number of anilines is 1. The molecule has 1 heterocycles. The average molecular weight is 460 g/mol.